The summed E-state index contributed by atoms with van der Waals surface area (Å²) in [7, 11) is 4.20. The Labute approximate surface area is 195 Å². The van der Waals surface area contributed by atoms with Gasteiger partial charge in [0.2, 0.25) is 0 Å². The van der Waals surface area contributed by atoms with Crippen molar-refractivity contribution in [2.75, 3.05) is 46.8 Å². The first-order valence-corrected chi connectivity index (χ1v) is 11.8. The molecule has 1 amide bonds. The summed E-state index contributed by atoms with van der Waals surface area (Å²) in [5.74, 6) is 0.572. The molecule has 5 nitrogen and oxygen atoms in total. The molecule has 2 aliphatic heterocycles. The van der Waals surface area contributed by atoms with E-state index in [9.17, 15) is 18.0 Å². The molecule has 2 fully saturated rings. The van der Waals surface area contributed by atoms with Crippen LogP contribution < -0.4 is 0 Å². The highest BCUT2D eigenvalue weighted by Crippen LogP contribution is 2.35. The van der Waals surface area contributed by atoms with Gasteiger partial charge in [-0.3, -0.25) is 4.90 Å². The van der Waals surface area contributed by atoms with Gasteiger partial charge in [-0.1, -0.05) is 18.2 Å². The molecule has 3 rings (SSSR count). The number of likely N-dealkylation sites (tertiary alicyclic amines) is 2. The molecule has 2 saturated heterocycles. The van der Waals surface area contributed by atoms with Crippen molar-refractivity contribution in [3.8, 4) is 0 Å². The number of carbonyl (C=O) groups is 1. The first-order chi connectivity index (χ1) is 15.3. The number of aryl methyl sites for hydroxylation is 1. The zero-order valence-corrected chi connectivity index (χ0v) is 20.5. The number of likely N-dealkylation sites (N-methyl/N-ethyl adjacent to an activating group) is 1. The molecule has 1 aromatic rings. The van der Waals surface area contributed by atoms with Crippen molar-refractivity contribution < 1.29 is 22.7 Å². The minimum Gasteiger partial charge on any atom is -0.444 e. The largest absolute Gasteiger partial charge is 0.444 e. The molecular weight excluding hydrogens is 431 g/mol. The third-order valence-electron chi connectivity index (χ3n) is 6.82. The van der Waals surface area contributed by atoms with Crippen molar-refractivity contribution in [2.45, 2.75) is 63.8 Å². The summed E-state index contributed by atoms with van der Waals surface area (Å²) >= 11 is 0. The van der Waals surface area contributed by atoms with E-state index in [0.717, 1.165) is 38.5 Å². The Balaban J connectivity index is 1.77. The monoisotopic (exact) mass is 469 g/mol. The Bertz CT molecular complexity index is 818. The maximum Gasteiger partial charge on any atom is 0.416 e. The Morgan fingerprint density at radius 3 is 2.55 bits per heavy atom. The second-order valence-electron chi connectivity index (χ2n) is 10.9. The van der Waals surface area contributed by atoms with Crippen LogP contribution in [0.1, 0.15) is 51.2 Å². The molecular formula is C25H38F3N3O2. The second-order valence-corrected chi connectivity index (χ2v) is 10.9. The van der Waals surface area contributed by atoms with Gasteiger partial charge in [-0.15, -0.1) is 0 Å². The molecule has 2 heterocycles. The first-order valence-electron chi connectivity index (χ1n) is 11.8. The number of benzene rings is 1. The second kappa shape index (κ2) is 9.82. The fourth-order valence-corrected chi connectivity index (χ4v) is 5.11. The molecule has 1 atom stereocenters. The van der Waals surface area contributed by atoms with Crippen LogP contribution in [0.3, 0.4) is 0 Å². The van der Waals surface area contributed by atoms with Crippen LogP contribution in [-0.4, -0.2) is 78.8 Å². The number of nitrogens with zero attached hydrogens (tertiary/aromatic N) is 3. The zero-order chi connectivity index (χ0) is 24.4. The van der Waals surface area contributed by atoms with Crippen LogP contribution in [-0.2, 0) is 17.3 Å². The van der Waals surface area contributed by atoms with Crippen LogP contribution in [0.5, 0.6) is 0 Å². The number of alkyl halides is 3. The van der Waals surface area contributed by atoms with Gasteiger partial charge in [0.15, 0.2) is 0 Å². The van der Waals surface area contributed by atoms with E-state index in [1.807, 2.05) is 20.8 Å². The first kappa shape index (κ1) is 25.8. The Kier molecular flexibility index (Phi) is 7.68. The van der Waals surface area contributed by atoms with E-state index < -0.39 is 17.3 Å². The number of ether oxygens (including phenoxy) is 1. The highest BCUT2D eigenvalue weighted by molar-refractivity contribution is 5.68. The predicted molar refractivity (Wildman–Crippen MR) is 123 cm³/mol. The average Bonchev–Trinajstić information content (AvgIpc) is 2.69. The smallest absolute Gasteiger partial charge is 0.416 e. The third kappa shape index (κ3) is 6.85. The van der Waals surface area contributed by atoms with Gasteiger partial charge in [0.25, 0.3) is 0 Å². The normalized spacial score (nSPS) is 23.0. The van der Waals surface area contributed by atoms with Crippen LogP contribution in [0.25, 0.3) is 0 Å². The van der Waals surface area contributed by atoms with Crippen molar-refractivity contribution in [1.29, 1.82) is 0 Å². The fraction of sp³-hybridized carbons (Fsp3) is 0.720. The molecule has 0 radical (unpaired) electrons. The number of hydrogen-bond acceptors (Lipinski definition) is 4. The molecule has 33 heavy (non-hydrogen) atoms. The number of halogens is 3. The highest BCUT2D eigenvalue weighted by atomic mass is 19.4. The fourth-order valence-electron chi connectivity index (χ4n) is 5.11. The Morgan fingerprint density at radius 2 is 1.94 bits per heavy atom. The van der Waals surface area contributed by atoms with Gasteiger partial charge in [-0.05, 0) is 78.1 Å². The number of piperidine rings is 1. The lowest BCUT2D eigenvalue weighted by atomic mass is 9.81. The molecule has 1 aromatic carbocycles. The van der Waals surface area contributed by atoms with Crippen LogP contribution in [0.4, 0.5) is 18.0 Å². The van der Waals surface area contributed by atoms with E-state index in [2.05, 4.69) is 23.9 Å². The third-order valence-corrected chi connectivity index (χ3v) is 6.82. The van der Waals surface area contributed by atoms with Gasteiger partial charge < -0.3 is 14.5 Å². The van der Waals surface area contributed by atoms with E-state index in [4.69, 9.17) is 4.74 Å². The molecule has 186 valence electrons. The minimum atomic E-state index is -4.35. The van der Waals surface area contributed by atoms with Crippen molar-refractivity contribution in [3.63, 3.8) is 0 Å². The van der Waals surface area contributed by atoms with Crippen molar-refractivity contribution >= 4 is 6.09 Å². The molecule has 0 aromatic heterocycles. The van der Waals surface area contributed by atoms with Crippen molar-refractivity contribution in [3.05, 3.63) is 35.4 Å². The summed E-state index contributed by atoms with van der Waals surface area (Å²) in [5, 5.41) is 0. The van der Waals surface area contributed by atoms with E-state index in [0.29, 0.717) is 37.4 Å². The zero-order valence-electron chi connectivity index (χ0n) is 20.5. The number of hydrogen-bond donors (Lipinski definition) is 0. The minimum absolute atomic E-state index is 0.294. The summed E-state index contributed by atoms with van der Waals surface area (Å²) in [5.41, 5.74) is -0.802. The Morgan fingerprint density at radius 1 is 1.24 bits per heavy atom. The van der Waals surface area contributed by atoms with Crippen LogP contribution in [0.2, 0.25) is 0 Å². The van der Waals surface area contributed by atoms with Crippen LogP contribution >= 0.6 is 0 Å². The topological polar surface area (TPSA) is 36.0 Å². The highest BCUT2D eigenvalue weighted by Gasteiger charge is 2.42. The van der Waals surface area contributed by atoms with Gasteiger partial charge in [-0.2, -0.15) is 13.2 Å². The maximum atomic E-state index is 13.2. The Hall–Kier alpha value is -1.80. The lowest BCUT2D eigenvalue weighted by Crippen LogP contribution is -2.61. The quantitative estimate of drug-likeness (QED) is 0.594. The SMILES string of the molecule is CN1CC(CN(C)C2(CCc3cccc(C(F)(F)F)c3)CCCN(C(=O)OC(C)(C)C)C2)C1. The van der Waals surface area contributed by atoms with Crippen molar-refractivity contribution in [1.82, 2.24) is 14.7 Å². The number of amides is 1. The average molecular weight is 470 g/mol. The number of carbonyl (C=O) groups excluding carboxylic acids is 1. The molecule has 8 heteroatoms. The summed E-state index contributed by atoms with van der Waals surface area (Å²) in [6.45, 7) is 9.74. The van der Waals surface area contributed by atoms with Gasteiger partial charge in [0, 0.05) is 38.3 Å². The lowest BCUT2D eigenvalue weighted by molar-refractivity contribution is -0.137. The molecule has 0 aliphatic carbocycles. The number of rotatable bonds is 6. The van der Waals surface area contributed by atoms with Gasteiger partial charge in [0.1, 0.15) is 5.60 Å². The van der Waals surface area contributed by atoms with Gasteiger partial charge in [-0.25, -0.2) is 4.79 Å². The van der Waals surface area contributed by atoms with Crippen LogP contribution in [0, 0.1) is 5.92 Å². The van der Waals surface area contributed by atoms with E-state index in [1.54, 1.807) is 11.0 Å². The lowest BCUT2D eigenvalue weighted by Gasteiger charge is -2.51. The summed E-state index contributed by atoms with van der Waals surface area (Å²) < 4.78 is 45.2. The van der Waals surface area contributed by atoms with Gasteiger partial charge >= 0.3 is 12.3 Å². The van der Waals surface area contributed by atoms with Crippen LogP contribution in [0.15, 0.2) is 24.3 Å². The maximum absolute atomic E-state index is 13.2. The predicted octanol–water partition coefficient (Wildman–Crippen LogP) is 4.90. The summed E-state index contributed by atoms with van der Waals surface area (Å²) in [4.78, 5) is 19.3. The molecule has 0 spiro atoms. The van der Waals surface area contributed by atoms with Crippen molar-refractivity contribution in [2.24, 2.45) is 5.92 Å². The molecule has 1 unspecified atom stereocenters. The molecule has 0 N–H and O–H groups in total. The molecule has 0 saturated carbocycles. The van der Waals surface area contributed by atoms with E-state index in [-0.39, 0.29) is 11.6 Å². The van der Waals surface area contributed by atoms with Gasteiger partial charge in [0.05, 0.1) is 5.56 Å². The molecule has 0 bridgehead atoms. The summed E-state index contributed by atoms with van der Waals surface area (Å²) in [6.07, 6.45) is -1.70. The van der Waals surface area contributed by atoms with E-state index in [1.165, 1.54) is 12.1 Å². The molecule has 2 aliphatic rings. The standard InChI is InChI=1S/C25H38F3N3O2/c1-23(2,3)33-22(32)31-13-7-11-24(18-31,30(5)17-20-15-29(4)16-20)12-10-19-8-6-9-21(14-19)25(26,27)28/h6,8-9,14,20H,7,10-13,15-18H2,1-5H3. The summed E-state index contributed by atoms with van der Waals surface area (Å²) in [6, 6.07) is 5.61. The van der Waals surface area contributed by atoms with E-state index >= 15 is 0 Å².